The highest BCUT2D eigenvalue weighted by Gasteiger charge is 1.98. The topological polar surface area (TPSA) is 35.5 Å². The molecule has 0 saturated carbocycles. The smallest absolute Gasteiger partial charge is 0.330 e. The summed E-state index contributed by atoms with van der Waals surface area (Å²) in [6, 6.07) is 7.82. The summed E-state index contributed by atoms with van der Waals surface area (Å²) in [6.45, 7) is 5.46. The number of rotatable bonds is 16. The lowest BCUT2D eigenvalue weighted by Crippen LogP contribution is -2.00. The van der Waals surface area contributed by atoms with E-state index in [0.29, 0.717) is 6.61 Å². The molecule has 1 rings (SSSR count). The minimum absolute atomic E-state index is 0.298. The van der Waals surface area contributed by atoms with E-state index in [0.717, 1.165) is 30.8 Å². The molecule has 0 spiro atoms. The van der Waals surface area contributed by atoms with Gasteiger partial charge in [-0.3, -0.25) is 0 Å². The van der Waals surface area contributed by atoms with Crippen molar-refractivity contribution in [1.82, 2.24) is 0 Å². The van der Waals surface area contributed by atoms with Crippen molar-refractivity contribution in [2.24, 2.45) is 0 Å². The van der Waals surface area contributed by atoms with Crippen molar-refractivity contribution in [3.63, 3.8) is 0 Å². The van der Waals surface area contributed by atoms with Gasteiger partial charge < -0.3 is 9.47 Å². The summed E-state index contributed by atoms with van der Waals surface area (Å²) in [5.41, 5.74) is 0.948. The Morgan fingerprint density at radius 2 is 1.52 bits per heavy atom. The van der Waals surface area contributed by atoms with Crippen LogP contribution < -0.4 is 4.74 Å². The summed E-state index contributed by atoms with van der Waals surface area (Å²) in [6.07, 6.45) is 17.3. The maximum atomic E-state index is 11.5. The number of hydrogen-bond donors (Lipinski definition) is 0. The molecule has 3 heteroatoms. The van der Waals surface area contributed by atoms with Gasteiger partial charge in [0.05, 0.1) is 13.2 Å². The number of ether oxygens (including phenoxy) is 2. The lowest BCUT2D eigenvalue weighted by molar-refractivity contribution is -0.137. The molecule has 0 unspecified atom stereocenters. The van der Waals surface area contributed by atoms with Crippen LogP contribution in [0.3, 0.4) is 0 Å². The SMILES string of the molecule is CCCCCCCCCCCCOc1cccc(C=CC(=O)OCCC)c1. The van der Waals surface area contributed by atoms with Gasteiger partial charge in [0.2, 0.25) is 0 Å². The fraction of sp³-hybridized carbons (Fsp3) is 0.625. The van der Waals surface area contributed by atoms with Crippen molar-refractivity contribution < 1.29 is 14.3 Å². The Morgan fingerprint density at radius 1 is 0.852 bits per heavy atom. The van der Waals surface area contributed by atoms with Crippen molar-refractivity contribution in [2.75, 3.05) is 13.2 Å². The molecule has 27 heavy (non-hydrogen) atoms. The molecule has 0 heterocycles. The van der Waals surface area contributed by atoms with Crippen LogP contribution in [0.25, 0.3) is 6.08 Å². The quantitative estimate of drug-likeness (QED) is 0.178. The van der Waals surface area contributed by atoms with Crippen LogP contribution in [0.2, 0.25) is 0 Å². The lowest BCUT2D eigenvalue weighted by Gasteiger charge is -2.07. The van der Waals surface area contributed by atoms with Gasteiger partial charge in [-0.25, -0.2) is 4.79 Å². The minimum Gasteiger partial charge on any atom is -0.494 e. The summed E-state index contributed by atoms with van der Waals surface area (Å²) in [4.78, 5) is 11.5. The molecule has 1 aromatic carbocycles. The van der Waals surface area contributed by atoms with Gasteiger partial charge in [-0.1, -0.05) is 83.8 Å². The fourth-order valence-corrected chi connectivity index (χ4v) is 2.90. The van der Waals surface area contributed by atoms with E-state index >= 15 is 0 Å². The van der Waals surface area contributed by atoms with Crippen molar-refractivity contribution >= 4 is 12.0 Å². The van der Waals surface area contributed by atoms with Gasteiger partial charge in [0.15, 0.2) is 0 Å². The molecule has 0 saturated heterocycles. The van der Waals surface area contributed by atoms with Gasteiger partial charge in [0, 0.05) is 6.08 Å². The van der Waals surface area contributed by atoms with E-state index in [2.05, 4.69) is 6.92 Å². The van der Waals surface area contributed by atoms with E-state index < -0.39 is 0 Å². The summed E-state index contributed by atoms with van der Waals surface area (Å²) in [5, 5.41) is 0. The minimum atomic E-state index is -0.298. The van der Waals surface area contributed by atoms with Crippen LogP contribution in [0.1, 0.15) is 90.0 Å². The van der Waals surface area contributed by atoms with Gasteiger partial charge in [0.25, 0.3) is 0 Å². The van der Waals surface area contributed by atoms with Crippen molar-refractivity contribution in [2.45, 2.75) is 84.5 Å². The molecule has 0 bridgehead atoms. The van der Waals surface area contributed by atoms with Crippen LogP contribution in [0.15, 0.2) is 30.3 Å². The molecule has 0 N–H and O–H groups in total. The molecular formula is C24H38O3. The van der Waals surface area contributed by atoms with Gasteiger partial charge in [-0.05, 0) is 36.6 Å². The van der Waals surface area contributed by atoms with Crippen LogP contribution in [-0.2, 0) is 9.53 Å². The molecule has 0 amide bonds. The van der Waals surface area contributed by atoms with Crippen molar-refractivity contribution in [3.8, 4) is 5.75 Å². The summed E-state index contributed by atoms with van der Waals surface area (Å²) in [5.74, 6) is 0.559. The Bertz CT molecular complexity index is 522. The molecule has 1 aromatic rings. The van der Waals surface area contributed by atoms with Crippen LogP contribution in [0, 0.1) is 0 Å². The lowest BCUT2D eigenvalue weighted by atomic mass is 10.1. The molecule has 0 fully saturated rings. The molecular weight excluding hydrogens is 336 g/mol. The molecule has 0 aliphatic heterocycles. The number of benzene rings is 1. The number of hydrogen-bond acceptors (Lipinski definition) is 3. The van der Waals surface area contributed by atoms with Crippen LogP contribution >= 0.6 is 0 Å². The molecule has 0 atom stereocenters. The zero-order valence-electron chi connectivity index (χ0n) is 17.4. The van der Waals surface area contributed by atoms with Crippen molar-refractivity contribution in [1.29, 1.82) is 0 Å². The normalized spacial score (nSPS) is 11.0. The highest BCUT2D eigenvalue weighted by Crippen LogP contribution is 2.16. The van der Waals surface area contributed by atoms with E-state index in [-0.39, 0.29) is 5.97 Å². The zero-order chi connectivity index (χ0) is 19.6. The standard InChI is InChI=1S/C24H38O3/c1-3-5-6-7-8-9-10-11-12-13-20-26-23-16-14-15-22(21-23)17-18-24(25)27-19-4-2/h14-18,21H,3-13,19-20H2,1-2H3. The second kappa shape index (κ2) is 16.4. The summed E-state index contributed by atoms with van der Waals surface area (Å²) >= 11 is 0. The summed E-state index contributed by atoms with van der Waals surface area (Å²) < 4.78 is 10.9. The predicted octanol–water partition coefficient (Wildman–Crippen LogP) is 6.95. The van der Waals surface area contributed by atoms with E-state index in [4.69, 9.17) is 9.47 Å². The largest absolute Gasteiger partial charge is 0.494 e. The first-order valence-corrected chi connectivity index (χ1v) is 10.8. The molecule has 152 valence electrons. The third-order valence-corrected chi connectivity index (χ3v) is 4.49. The maximum absolute atomic E-state index is 11.5. The molecule has 0 aliphatic rings. The predicted molar refractivity (Wildman–Crippen MR) is 114 cm³/mol. The number of carbonyl (C=O) groups is 1. The molecule has 0 radical (unpaired) electrons. The van der Waals surface area contributed by atoms with Gasteiger partial charge in [-0.15, -0.1) is 0 Å². The fourth-order valence-electron chi connectivity index (χ4n) is 2.90. The van der Waals surface area contributed by atoms with E-state index in [1.165, 1.54) is 63.9 Å². The number of unbranched alkanes of at least 4 members (excludes halogenated alkanes) is 9. The molecule has 3 nitrogen and oxygen atoms in total. The third-order valence-electron chi connectivity index (χ3n) is 4.49. The van der Waals surface area contributed by atoms with E-state index in [1.807, 2.05) is 31.2 Å². The van der Waals surface area contributed by atoms with Crippen LogP contribution in [-0.4, -0.2) is 19.2 Å². The summed E-state index contributed by atoms with van der Waals surface area (Å²) in [7, 11) is 0. The Kier molecular flexibility index (Phi) is 14.1. The number of carbonyl (C=O) groups excluding carboxylic acids is 1. The van der Waals surface area contributed by atoms with Crippen molar-refractivity contribution in [3.05, 3.63) is 35.9 Å². The zero-order valence-corrected chi connectivity index (χ0v) is 17.4. The second-order valence-corrected chi connectivity index (χ2v) is 7.10. The van der Waals surface area contributed by atoms with Gasteiger partial charge >= 0.3 is 5.97 Å². The first-order valence-electron chi connectivity index (χ1n) is 10.8. The monoisotopic (exact) mass is 374 g/mol. The molecule has 0 aromatic heterocycles. The van der Waals surface area contributed by atoms with E-state index in [9.17, 15) is 4.79 Å². The maximum Gasteiger partial charge on any atom is 0.330 e. The first kappa shape index (κ1) is 23.3. The van der Waals surface area contributed by atoms with Crippen LogP contribution in [0.5, 0.6) is 5.75 Å². The highest BCUT2D eigenvalue weighted by atomic mass is 16.5. The number of esters is 1. The van der Waals surface area contributed by atoms with E-state index in [1.54, 1.807) is 6.08 Å². The highest BCUT2D eigenvalue weighted by molar-refractivity contribution is 5.87. The van der Waals surface area contributed by atoms with Crippen LogP contribution in [0.4, 0.5) is 0 Å². The van der Waals surface area contributed by atoms with Gasteiger partial charge in [-0.2, -0.15) is 0 Å². The third kappa shape index (κ3) is 13.1. The first-order chi connectivity index (χ1) is 13.3. The van der Waals surface area contributed by atoms with Gasteiger partial charge in [0.1, 0.15) is 5.75 Å². The Balaban J connectivity index is 2.12. The second-order valence-electron chi connectivity index (χ2n) is 7.10. The average molecular weight is 375 g/mol. The average Bonchev–Trinajstić information content (AvgIpc) is 2.69. The molecule has 0 aliphatic carbocycles. The Hall–Kier alpha value is -1.77. The Morgan fingerprint density at radius 3 is 2.19 bits per heavy atom. The Labute approximate surface area is 166 Å².